The number of aryl methyl sites for hydroxylation is 1. The summed E-state index contributed by atoms with van der Waals surface area (Å²) in [5.41, 5.74) is 3.68. The van der Waals surface area contributed by atoms with Gasteiger partial charge in [0.05, 0.1) is 11.9 Å². The summed E-state index contributed by atoms with van der Waals surface area (Å²) in [6.45, 7) is 9.09. The van der Waals surface area contributed by atoms with Crippen LogP contribution in [-0.4, -0.2) is 30.5 Å². The molecule has 1 aliphatic rings. The summed E-state index contributed by atoms with van der Waals surface area (Å²) in [6, 6.07) is 11.9. The number of aromatic nitrogens is 1. The van der Waals surface area contributed by atoms with E-state index in [4.69, 9.17) is 0 Å². The molecular formula is C21H27N3O. The molecule has 132 valence electrons. The second-order valence-electron chi connectivity index (χ2n) is 6.96. The van der Waals surface area contributed by atoms with Crippen LogP contribution in [0.4, 0.5) is 11.4 Å². The number of rotatable bonds is 4. The summed E-state index contributed by atoms with van der Waals surface area (Å²) in [4.78, 5) is 21.5. The largest absolute Gasteiger partial charge is 0.370 e. The van der Waals surface area contributed by atoms with Gasteiger partial charge in [-0.2, -0.15) is 0 Å². The molecule has 0 radical (unpaired) electrons. The van der Waals surface area contributed by atoms with E-state index in [0.29, 0.717) is 12.2 Å². The Morgan fingerprint density at radius 1 is 1.24 bits per heavy atom. The molecule has 1 saturated heterocycles. The number of benzene rings is 1. The number of carbonyl (C=O) groups excluding carboxylic acids is 1. The Morgan fingerprint density at radius 3 is 2.60 bits per heavy atom. The fourth-order valence-corrected chi connectivity index (χ4v) is 3.34. The van der Waals surface area contributed by atoms with Gasteiger partial charge in [-0.15, -0.1) is 0 Å². The van der Waals surface area contributed by atoms with Crippen LogP contribution in [0, 0.1) is 12.8 Å². The van der Waals surface area contributed by atoms with Gasteiger partial charge >= 0.3 is 0 Å². The first-order valence-corrected chi connectivity index (χ1v) is 9.18. The molecule has 0 N–H and O–H groups in total. The predicted octanol–water partition coefficient (Wildman–Crippen LogP) is 4.29. The molecular weight excluding hydrogens is 310 g/mol. The molecule has 0 saturated carbocycles. The number of hydrogen-bond acceptors (Lipinski definition) is 3. The molecule has 0 spiro atoms. The van der Waals surface area contributed by atoms with Crippen LogP contribution in [0.15, 0.2) is 42.6 Å². The van der Waals surface area contributed by atoms with Gasteiger partial charge in [0.2, 0.25) is 0 Å². The summed E-state index contributed by atoms with van der Waals surface area (Å²) in [6.07, 6.45) is 4.28. The number of carbonyl (C=O) groups is 1. The highest BCUT2D eigenvalue weighted by molar-refractivity contribution is 6.04. The molecule has 0 bridgehead atoms. The Labute approximate surface area is 150 Å². The minimum Gasteiger partial charge on any atom is -0.370 e. The Balaban J connectivity index is 1.75. The van der Waals surface area contributed by atoms with Crippen LogP contribution in [0.1, 0.15) is 42.7 Å². The first-order valence-electron chi connectivity index (χ1n) is 9.18. The summed E-state index contributed by atoms with van der Waals surface area (Å²) in [5.74, 6) is 0.754. The molecule has 1 fully saturated rings. The fourth-order valence-electron chi connectivity index (χ4n) is 3.34. The zero-order chi connectivity index (χ0) is 17.8. The van der Waals surface area contributed by atoms with Gasteiger partial charge in [-0.3, -0.25) is 4.79 Å². The summed E-state index contributed by atoms with van der Waals surface area (Å²) in [5, 5.41) is 0. The van der Waals surface area contributed by atoms with Crippen LogP contribution in [-0.2, 0) is 0 Å². The monoisotopic (exact) mass is 337 g/mol. The second-order valence-corrected chi connectivity index (χ2v) is 6.96. The van der Waals surface area contributed by atoms with Crippen LogP contribution in [0.2, 0.25) is 0 Å². The van der Waals surface area contributed by atoms with Crippen molar-refractivity contribution in [2.45, 2.75) is 33.6 Å². The number of nitrogens with zero attached hydrogens (tertiary/aromatic N) is 3. The van der Waals surface area contributed by atoms with Crippen molar-refractivity contribution in [2.24, 2.45) is 5.92 Å². The van der Waals surface area contributed by atoms with E-state index in [1.54, 1.807) is 4.90 Å². The van der Waals surface area contributed by atoms with Crippen molar-refractivity contribution in [3.8, 4) is 0 Å². The molecule has 3 rings (SSSR count). The van der Waals surface area contributed by atoms with Crippen molar-refractivity contribution in [3.05, 3.63) is 53.9 Å². The van der Waals surface area contributed by atoms with E-state index in [0.717, 1.165) is 35.9 Å². The van der Waals surface area contributed by atoms with Crippen LogP contribution in [0.25, 0.3) is 0 Å². The Hall–Kier alpha value is -2.36. The lowest BCUT2D eigenvalue weighted by atomic mass is 9.99. The Kier molecular flexibility index (Phi) is 5.37. The van der Waals surface area contributed by atoms with Crippen molar-refractivity contribution in [3.63, 3.8) is 0 Å². The van der Waals surface area contributed by atoms with Crippen LogP contribution < -0.4 is 9.80 Å². The maximum absolute atomic E-state index is 12.9. The summed E-state index contributed by atoms with van der Waals surface area (Å²) in [7, 11) is 0. The predicted molar refractivity (Wildman–Crippen MR) is 103 cm³/mol. The third-order valence-corrected chi connectivity index (χ3v) is 4.99. The average molecular weight is 337 g/mol. The standard InChI is InChI=1S/C21H27N3O/c1-4-24(18-7-5-6-17(3)14-18)21(25)20-9-8-19(15-22-20)23-12-10-16(2)11-13-23/h5-9,14-16H,4,10-13H2,1-3H3. The van der Waals surface area contributed by atoms with E-state index in [-0.39, 0.29) is 5.91 Å². The van der Waals surface area contributed by atoms with E-state index in [1.807, 2.05) is 56.4 Å². The first-order chi connectivity index (χ1) is 12.1. The van der Waals surface area contributed by atoms with Gasteiger partial charge in [-0.05, 0) is 62.4 Å². The average Bonchev–Trinajstić information content (AvgIpc) is 2.63. The van der Waals surface area contributed by atoms with Crippen molar-refractivity contribution < 1.29 is 4.79 Å². The highest BCUT2D eigenvalue weighted by Gasteiger charge is 2.19. The van der Waals surface area contributed by atoms with E-state index >= 15 is 0 Å². The zero-order valence-electron chi connectivity index (χ0n) is 15.4. The molecule has 1 aromatic heterocycles. The molecule has 4 heteroatoms. The van der Waals surface area contributed by atoms with Gasteiger partial charge in [0.15, 0.2) is 0 Å². The smallest absolute Gasteiger partial charge is 0.276 e. The third kappa shape index (κ3) is 4.01. The third-order valence-electron chi connectivity index (χ3n) is 4.99. The number of hydrogen-bond donors (Lipinski definition) is 0. The number of piperidine rings is 1. The lowest BCUT2D eigenvalue weighted by Crippen LogP contribution is -2.33. The highest BCUT2D eigenvalue weighted by atomic mass is 16.2. The molecule has 1 aromatic carbocycles. The van der Waals surface area contributed by atoms with Gasteiger partial charge < -0.3 is 9.80 Å². The van der Waals surface area contributed by atoms with Gasteiger partial charge in [0.1, 0.15) is 5.69 Å². The molecule has 1 aliphatic heterocycles. The number of amides is 1. The van der Waals surface area contributed by atoms with Crippen molar-refractivity contribution >= 4 is 17.3 Å². The van der Waals surface area contributed by atoms with Gasteiger partial charge in [-0.25, -0.2) is 4.98 Å². The summed E-state index contributed by atoms with van der Waals surface area (Å²) >= 11 is 0. The van der Waals surface area contributed by atoms with Crippen LogP contribution in [0.3, 0.4) is 0 Å². The maximum Gasteiger partial charge on any atom is 0.276 e. The van der Waals surface area contributed by atoms with Gasteiger partial charge in [0.25, 0.3) is 5.91 Å². The Morgan fingerprint density at radius 2 is 2.00 bits per heavy atom. The molecule has 25 heavy (non-hydrogen) atoms. The van der Waals surface area contributed by atoms with Crippen molar-refractivity contribution in [1.29, 1.82) is 0 Å². The molecule has 0 atom stereocenters. The molecule has 2 aromatic rings. The quantitative estimate of drug-likeness (QED) is 0.835. The van der Waals surface area contributed by atoms with Crippen LogP contribution in [0.5, 0.6) is 0 Å². The fraction of sp³-hybridized carbons (Fsp3) is 0.429. The molecule has 2 heterocycles. The Bertz CT molecular complexity index is 718. The molecule has 0 aliphatic carbocycles. The van der Waals surface area contributed by atoms with Crippen molar-refractivity contribution in [2.75, 3.05) is 29.4 Å². The lowest BCUT2D eigenvalue weighted by molar-refractivity contribution is 0.0983. The number of pyridine rings is 1. The molecule has 1 amide bonds. The zero-order valence-corrected chi connectivity index (χ0v) is 15.4. The molecule has 4 nitrogen and oxygen atoms in total. The minimum atomic E-state index is -0.0492. The SMILES string of the molecule is CCN(C(=O)c1ccc(N2CCC(C)CC2)cn1)c1cccc(C)c1. The van der Waals surface area contributed by atoms with Gasteiger partial charge in [0, 0.05) is 25.3 Å². The minimum absolute atomic E-state index is 0.0492. The summed E-state index contributed by atoms with van der Waals surface area (Å²) < 4.78 is 0. The molecule has 0 unspecified atom stereocenters. The second kappa shape index (κ2) is 7.68. The van der Waals surface area contributed by atoms with E-state index in [1.165, 1.54) is 12.8 Å². The lowest BCUT2D eigenvalue weighted by Gasteiger charge is -2.32. The number of anilines is 2. The highest BCUT2D eigenvalue weighted by Crippen LogP contribution is 2.23. The van der Waals surface area contributed by atoms with Crippen LogP contribution >= 0.6 is 0 Å². The topological polar surface area (TPSA) is 36.4 Å². The van der Waals surface area contributed by atoms with E-state index in [9.17, 15) is 4.79 Å². The van der Waals surface area contributed by atoms with Gasteiger partial charge in [-0.1, -0.05) is 19.1 Å². The van der Waals surface area contributed by atoms with Crippen molar-refractivity contribution in [1.82, 2.24) is 4.98 Å². The van der Waals surface area contributed by atoms with E-state index in [2.05, 4.69) is 16.8 Å². The normalized spacial score (nSPS) is 15.2. The maximum atomic E-state index is 12.9. The first kappa shape index (κ1) is 17.5. The van der Waals surface area contributed by atoms with E-state index < -0.39 is 0 Å².